The molecule has 1 aliphatic rings. The molecule has 4 aromatic heterocycles. The third kappa shape index (κ3) is 2.54. The highest BCUT2D eigenvalue weighted by molar-refractivity contribution is 6.30. The van der Waals surface area contributed by atoms with Crippen LogP contribution < -0.4 is 0 Å². The third-order valence-corrected chi connectivity index (χ3v) is 5.25. The van der Waals surface area contributed by atoms with Crippen molar-refractivity contribution < 1.29 is 9.21 Å². The Balaban J connectivity index is 1.47. The molecular weight excluding hydrogens is 366 g/mol. The molecular formula is C19H16ClN5O2. The van der Waals surface area contributed by atoms with E-state index in [9.17, 15) is 4.79 Å². The Hall–Kier alpha value is -3.06. The Morgan fingerprint density at radius 3 is 3.00 bits per heavy atom. The summed E-state index contributed by atoms with van der Waals surface area (Å²) in [5.41, 5.74) is 4.20. The van der Waals surface area contributed by atoms with E-state index in [4.69, 9.17) is 16.0 Å². The normalized spacial score (nSPS) is 16.7. The zero-order valence-corrected chi connectivity index (χ0v) is 15.3. The van der Waals surface area contributed by atoms with Gasteiger partial charge in [0.05, 0.1) is 35.5 Å². The van der Waals surface area contributed by atoms with E-state index in [1.54, 1.807) is 31.0 Å². The number of fused-ring (bicyclic) bond motifs is 2. The summed E-state index contributed by atoms with van der Waals surface area (Å²) in [6, 6.07) is 7.71. The molecule has 4 aromatic rings. The van der Waals surface area contributed by atoms with Gasteiger partial charge in [0, 0.05) is 36.6 Å². The van der Waals surface area contributed by atoms with Gasteiger partial charge in [0.1, 0.15) is 0 Å². The van der Waals surface area contributed by atoms with Crippen LogP contribution in [0.4, 0.5) is 0 Å². The van der Waals surface area contributed by atoms with Gasteiger partial charge >= 0.3 is 0 Å². The molecule has 5 heterocycles. The molecule has 0 saturated heterocycles. The zero-order valence-electron chi connectivity index (χ0n) is 14.5. The van der Waals surface area contributed by atoms with Crippen molar-refractivity contribution >= 4 is 23.2 Å². The Bertz CT molecular complexity index is 1140. The summed E-state index contributed by atoms with van der Waals surface area (Å²) in [5.74, 6) is -0.110. The average Bonchev–Trinajstić information content (AvgIpc) is 3.39. The van der Waals surface area contributed by atoms with Gasteiger partial charge in [-0.1, -0.05) is 11.6 Å². The highest BCUT2D eigenvalue weighted by Gasteiger charge is 2.31. The van der Waals surface area contributed by atoms with Gasteiger partial charge in [0.15, 0.2) is 11.3 Å². The van der Waals surface area contributed by atoms with Gasteiger partial charge in [0.25, 0.3) is 5.91 Å². The van der Waals surface area contributed by atoms with Gasteiger partial charge in [-0.05, 0) is 25.1 Å². The van der Waals surface area contributed by atoms with E-state index in [0.717, 1.165) is 23.5 Å². The summed E-state index contributed by atoms with van der Waals surface area (Å²) in [7, 11) is 0. The summed E-state index contributed by atoms with van der Waals surface area (Å²) >= 11 is 5.95. The molecule has 5 rings (SSSR count). The summed E-state index contributed by atoms with van der Waals surface area (Å²) in [4.78, 5) is 19.1. The quantitative estimate of drug-likeness (QED) is 0.531. The van der Waals surface area contributed by atoms with E-state index in [1.807, 2.05) is 17.9 Å². The van der Waals surface area contributed by atoms with Crippen molar-refractivity contribution in [1.82, 2.24) is 24.1 Å². The predicted molar refractivity (Wildman–Crippen MR) is 99.6 cm³/mol. The fourth-order valence-corrected chi connectivity index (χ4v) is 3.85. The number of halogens is 1. The maximum Gasteiger partial charge on any atom is 0.275 e. The summed E-state index contributed by atoms with van der Waals surface area (Å²) in [5, 5.41) is 4.82. The Kier molecular flexibility index (Phi) is 3.58. The number of rotatable bonds is 2. The van der Waals surface area contributed by atoms with Crippen molar-refractivity contribution in [3.05, 3.63) is 65.6 Å². The first-order valence-corrected chi connectivity index (χ1v) is 9.03. The van der Waals surface area contributed by atoms with E-state index >= 15 is 0 Å². The highest BCUT2D eigenvalue weighted by Crippen LogP contribution is 2.32. The molecule has 1 unspecified atom stereocenters. The maximum atomic E-state index is 13.1. The molecule has 7 nitrogen and oxygen atoms in total. The van der Waals surface area contributed by atoms with Gasteiger partial charge in [-0.25, -0.2) is 9.50 Å². The lowest BCUT2D eigenvalue weighted by Crippen LogP contribution is -2.41. The Morgan fingerprint density at radius 1 is 1.30 bits per heavy atom. The van der Waals surface area contributed by atoms with Gasteiger partial charge in [-0.2, -0.15) is 5.10 Å². The Labute approximate surface area is 159 Å². The first kappa shape index (κ1) is 16.1. The predicted octanol–water partition coefficient (Wildman–Crippen LogP) is 3.66. The molecule has 8 heteroatoms. The smallest absolute Gasteiger partial charge is 0.275 e. The zero-order chi connectivity index (χ0) is 18.5. The molecule has 0 aliphatic carbocycles. The van der Waals surface area contributed by atoms with E-state index in [2.05, 4.69) is 26.8 Å². The molecule has 0 fully saturated rings. The van der Waals surface area contributed by atoms with Crippen LogP contribution in [-0.2, 0) is 6.54 Å². The van der Waals surface area contributed by atoms with Crippen LogP contribution in [0.5, 0.6) is 0 Å². The van der Waals surface area contributed by atoms with Crippen LogP contribution in [0.25, 0.3) is 16.9 Å². The number of carbonyl (C=O) groups excluding carboxylic acids is 1. The first-order valence-electron chi connectivity index (χ1n) is 8.66. The lowest BCUT2D eigenvalue weighted by Gasteiger charge is -2.35. The van der Waals surface area contributed by atoms with Crippen molar-refractivity contribution in [3.63, 3.8) is 0 Å². The number of hydrogen-bond donors (Lipinski definition) is 0. The topological polar surface area (TPSA) is 68.6 Å². The minimum absolute atomic E-state index is 0.0618. The van der Waals surface area contributed by atoms with Crippen molar-refractivity contribution in [1.29, 1.82) is 0 Å². The van der Waals surface area contributed by atoms with E-state index in [-0.39, 0.29) is 11.9 Å². The van der Waals surface area contributed by atoms with Gasteiger partial charge in [0.2, 0.25) is 0 Å². The molecule has 0 aromatic carbocycles. The molecule has 1 amide bonds. The third-order valence-electron chi connectivity index (χ3n) is 5.05. The summed E-state index contributed by atoms with van der Waals surface area (Å²) in [6.07, 6.45) is 6.59. The van der Waals surface area contributed by atoms with E-state index in [1.165, 1.54) is 4.52 Å². The SMILES string of the molecule is CC1c2ccc(-c3ccoc3)n2CCN1C(=O)c1cc2ncc(Cl)cn2n1. The molecule has 0 radical (unpaired) electrons. The minimum Gasteiger partial charge on any atom is -0.472 e. The number of amides is 1. The second-order valence-corrected chi connectivity index (χ2v) is 7.02. The fourth-order valence-electron chi connectivity index (χ4n) is 3.70. The maximum absolute atomic E-state index is 13.1. The van der Waals surface area contributed by atoms with Crippen molar-refractivity contribution in [2.24, 2.45) is 0 Å². The first-order chi connectivity index (χ1) is 13.1. The van der Waals surface area contributed by atoms with Crippen LogP contribution in [0, 0.1) is 0 Å². The number of nitrogens with zero attached hydrogens (tertiary/aromatic N) is 5. The van der Waals surface area contributed by atoms with Gasteiger partial charge < -0.3 is 13.9 Å². The molecule has 1 aliphatic heterocycles. The van der Waals surface area contributed by atoms with Crippen LogP contribution in [0.15, 0.2) is 53.6 Å². The molecule has 136 valence electrons. The molecule has 0 N–H and O–H groups in total. The van der Waals surface area contributed by atoms with E-state index in [0.29, 0.717) is 22.9 Å². The number of carbonyl (C=O) groups is 1. The lowest BCUT2D eigenvalue weighted by atomic mass is 10.1. The van der Waals surface area contributed by atoms with E-state index < -0.39 is 0 Å². The second-order valence-electron chi connectivity index (χ2n) is 6.59. The molecule has 0 spiro atoms. The number of furan rings is 1. The summed E-state index contributed by atoms with van der Waals surface area (Å²) < 4.78 is 8.98. The van der Waals surface area contributed by atoms with Crippen molar-refractivity contribution in [2.45, 2.75) is 19.5 Å². The standard InChI is InChI=1S/C19H16ClN5O2/c1-12-16-2-3-17(13-4-7-27-11-13)24(16)6-5-23(12)19(26)15-8-18-21-9-14(20)10-25(18)22-15/h2-4,7-12H,5-6H2,1H3. The monoisotopic (exact) mass is 381 g/mol. The van der Waals surface area contributed by atoms with Crippen molar-refractivity contribution in [2.75, 3.05) is 6.54 Å². The molecule has 1 atom stereocenters. The number of aromatic nitrogens is 4. The molecule has 27 heavy (non-hydrogen) atoms. The van der Waals surface area contributed by atoms with Crippen LogP contribution >= 0.6 is 11.6 Å². The Morgan fingerprint density at radius 2 is 2.19 bits per heavy atom. The van der Waals surface area contributed by atoms with Crippen molar-refractivity contribution in [3.8, 4) is 11.3 Å². The fraction of sp³-hybridized carbons (Fsp3) is 0.211. The summed E-state index contributed by atoms with van der Waals surface area (Å²) in [6.45, 7) is 3.36. The minimum atomic E-state index is -0.110. The van der Waals surface area contributed by atoms with Crippen LogP contribution in [0.3, 0.4) is 0 Å². The lowest BCUT2D eigenvalue weighted by molar-refractivity contribution is 0.0638. The van der Waals surface area contributed by atoms with Gasteiger partial charge in [-0.3, -0.25) is 4.79 Å². The van der Waals surface area contributed by atoms with Crippen LogP contribution in [-0.4, -0.2) is 36.5 Å². The average molecular weight is 382 g/mol. The van der Waals surface area contributed by atoms with Crippen LogP contribution in [0.2, 0.25) is 5.02 Å². The molecule has 0 bridgehead atoms. The largest absolute Gasteiger partial charge is 0.472 e. The van der Waals surface area contributed by atoms with Gasteiger partial charge in [-0.15, -0.1) is 0 Å². The second kappa shape index (κ2) is 5.99. The highest BCUT2D eigenvalue weighted by atomic mass is 35.5. The molecule has 0 saturated carbocycles. The van der Waals surface area contributed by atoms with Crippen LogP contribution in [0.1, 0.15) is 29.1 Å². The number of hydrogen-bond acceptors (Lipinski definition) is 4.